The van der Waals surface area contributed by atoms with Crippen molar-refractivity contribution in [3.63, 3.8) is 0 Å². The molecule has 1 N–H and O–H groups in total. The Labute approximate surface area is 153 Å². The van der Waals surface area contributed by atoms with E-state index in [2.05, 4.69) is 5.32 Å². The van der Waals surface area contributed by atoms with Gasteiger partial charge < -0.3 is 15.0 Å². The lowest BCUT2D eigenvalue weighted by atomic mass is 10.1. The summed E-state index contributed by atoms with van der Waals surface area (Å²) in [6.45, 7) is 1.82. The fraction of sp³-hybridized carbons (Fsp3) is 0.250. The molecule has 0 aliphatic rings. The molecule has 6 heteroatoms. The van der Waals surface area contributed by atoms with Crippen LogP contribution in [0.4, 0.5) is 5.69 Å². The van der Waals surface area contributed by atoms with Crippen LogP contribution < -0.4 is 10.1 Å². The molecule has 2 aromatic carbocycles. The minimum Gasteiger partial charge on any atom is -0.497 e. The summed E-state index contributed by atoms with van der Waals surface area (Å²) in [5, 5.41) is 11.6. The number of anilines is 1. The van der Waals surface area contributed by atoms with Gasteiger partial charge in [-0.05, 0) is 42.3 Å². The minimum atomic E-state index is -0.305. The van der Waals surface area contributed by atoms with Crippen molar-refractivity contribution in [2.45, 2.75) is 13.3 Å². The highest BCUT2D eigenvalue weighted by Crippen LogP contribution is 2.14. The fourth-order valence-electron chi connectivity index (χ4n) is 2.48. The average molecular weight is 351 g/mol. The van der Waals surface area contributed by atoms with Crippen molar-refractivity contribution >= 4 is 17.5 Å². The van der Waals surface area contributed by atoms with Crippen LogP contribution in [-0.2, 0) is 16.0 Å². The topological polar surface area (TPSA) is 82.4 Å². The fourth-order valence-corrected chi connectivity index (χ4v) is 2.48. The average Bonchev–Trinajstić information content (AvgIpc) is 2.65. The van der Waals surface area contributed by atoms with Crippen LogP contribution in [0, 0.1) is 11.3 Å². The van der Waals surface area contributed by atoms with Crippen molar-refractivity contribution in [1.82, 2.24) is 4.90 Å². The highest BCUT2D eigenvalue weighted by Gasteiger charge is 2.14. The molecule has 2 amide bonds. The lowest BCUT2D eigenvalue weighted by Crippen LogP contribution is -2.38. The second kappa shape index (κ2) is 9.23. The summed E-state index contributed by atoms with van der Waals surface area (Å²) >= 11 is 0. The summed E-state index contributed by atoms with van der Waals surface area (Å²) < 4.78 is 5.19. The zero-order valence-electron chi connectivity index (χ0n) is 14.9. The number of hydrogen-bond acceptors (Lipinski definition) is 4. The highest BCUT2D eigenvalue weighted by molar-refractivity contribution is 5.94. The SMILES string of the molecule is COc1cccc(CCN(CC(=O)Nc2cccc(C#N)c2)C(C)=O)c1. The Bertz CT molecular complexity index is 827. The summed E-state index contributed by atoms with van der Waals surface area (Å²) in [6.07, 6.45) is 0.619. The third kappa shape index (κ3) is 5.64. The van der Waals surface area contributed by atoms with Gasteiger partial charge in [-0.2, -0.15) is 5.26 Å². The number of carbonyl (C=O) groups is 2. The lowest BCUT2D eigenvalue weighted by molar-refractivity contribution is -0.132. The Morgan fingerprint density at radius 2 is 1.96 bits per heavy atom. The first-order valence-electron chi connectivity index (χ1n) is 8.20. The summed E-state index contributed by atoms with van der Waals surface area (Å²) in [5.74, 6) is 0.279. The molecule has 0 saturated heterocycles. The molecule has 134 valence electrons. The second-order valence-corrected chi connectivity index (χ2v) is 5.78. The molecule has 0 radical (unpaired) electrons. The van der Waals surface area contributed by atoms with Gasteiger partial charge >= 0.3 is 0 Å². The molecule has 0 saturated carbocycles. The largest absolute Gasteiger partial charge is 0.497 e. The quantitative estimate of drug-likeness (QED) is 0.831. The maximum absolute atomic E-state index is 12.2. The highest BCUT2D eigenvalue weighted by atomic mass is 16.5. The molecule has 0 aliphatic carbocycles. The second-order valence-electron chi connectivity index (χ2n) is 5.78. The van der Waals surface area contributed by atoms with Crippen LogP contribution in [0.5, 0.6) is 5.75 Å². The number of hydrogen-bond donors (Lipinski definition) is 1. The van der Waals surface area contributed by atoms with Gasteiger partial charge in [0, 0.05) is 19.2 Å². The first-order chi connectivity index (χ1) is 12.5. The van der Waals surface area contributed by atoms with Gasteiger partial charge in [0.25, 0.3) is 0 Å². The van der Waals surface area contributed by atoms with E-state index in [1.54, 1.807) is 31.4 Å². The van der Waals surface area contributed by atoms with Crippen LogP contribution in [0.25, 0.3) is 0 Å². The third-order valence-corrected chi connectivity index (χ3v) is 3.86. The molecule has 26 heavy (non-hydrogen) atoms. The number of carbonyl (C=O) groups excluding carboxylic acids is 2. The monoisotopic (exact) mass is 351 g/mol. The van der Waals surface area contributed by atoms with Crippen LogP contribution in [0.15, 0.2) is 48.5 Å². The van der Waals surface area contributed by atoms with E-state index < -0.39 is 0 Å². The van der Waals surface area contributed by atoms with E-state index in [1.165, 1.54) is 11.8 Å². The summed E-state index contributed by atoms with van der Waals surface area (Å²) in [7, 11) is 1.60. The summed E-state index contributed by atoms with van der Waals surface area (Å²) in [5.41, 5.74) is 2.02. The Morgan fingerprint density at radius 3 is 2.65 bits per heavy atom. The van der Waals surface area contributed by atoms with Gasteiger partial charge in [-0.15, -0.1) is 0 Å². The van der Waals surface area contributed by atoms with Crippen LogP contribution in [0.3, 0.4) is 0 Å². The van der Waals surface area contributed by atoms with Crippen LogP contribution in [0.1, 0.15) is 18.1 Å². The number of rotatable bonds is 7. The van der Waals surface area contributed by atoms with Gasteiger partial charge in [-0.1, -0.05) is 18.2 Å². The Kier molecular flexibility index (Phi) is 6.75. The molecular weight excluding hydrogens is 330 g/mol. The first-order valence-corrected chi connectivity index (χ1v) is 8.20. The molecular formula is C20H21N3O3. The normalized spacial score (nSPS) is 9.88. The van der Waals surface area contributed by atoms with Crippen molar-refractivity contribution in [3.8, 4) is 11.8 Å². The van der Waals surface area contributed by atoms with Crippen LogP contribution in [0.2, 0.25) is 0 Å². The number of methoxy groups -OCH3 is 1. The molecule has 0 aromatic heterocycles. The van der Waals surface area contributed by atoms with Gasteiger partial charge in [0.2, 0.25) is 11.8 Å². The molecule has 0 bridgehead atoms. The number of nitriles is 1. The number of nitrogens with one attached hydrogen (secondary N) is 1. The predicted octanol–water partition coefficient (Wildman–Crippen LogP) is 2.60. The Hall–Kier alpha value is -3.33. The van der Waals surface area contributed by atoms with E-state index in [-0.39, 0.29) is 18.4 Å². The molecule has 0 unspecified atom stereocenters. The van der Waals surface area contributed by atoms with Crippen molar-refractivity contribution in [1.29, 1.82) is 5.26 Å². The van der Waals surface area contributed by atoms with Gasteiger partial charge in [0.05, 0.1) is 25.3 Å². The first kappa shape index (κ1) is 19.0. The van der Waals surface area contributed by atoms with Gasteiger partial charge in [-0.25, -0.2) is 0 Å². The number of nitrogens with zero attached hydrogens (tertiary/aromatic N) is 2. The molecule has 6 nitrogen and oxygen atoms in total. The van der Waals surface area contributed by atoms with E-state index in [9.17, 15) is 9.59 Å². The molecule has 2 aromatic rings. The van der Waals surface area contributed by atoms with Gasteiger partial charge in [0.1, 0.15) is 5.75 Å². The maximum atomic E-state index is 12.2. The smallest absolute Gasteiger partial charge is 0.243 e. The third-order valence-electron chi connectivity index (χ3n) is 3.86. The minimum absolute atomic E-state index is 0.0456. The standard InChI is InChI=1S/C20H21N3O3/c1-15(24)23(10-9-16-5-4-8-19(12-16)26-2)14-20(25)22-18-7-3-6-17(11-18)13-21/h3-8,11-12H,9-10,14H2,1-2H3,(H,22,25). The van der Waals surface area contributed by atoms with Gasteiger partial charge in [0.15, 0.2) is 0 Å². The van der Waals surface area contributed by atoms with Crippen LogP contribution in [-0.4, -0.2) is 36.9 Å². The zero-order valence-corrected chi connectivity index (χ0v) is 14.9. The van der Waals surface area contributed by atoms with Crippen molar-refractivity contribution in [3.05, 3.63) is 59.7 Å². The molecule has 0 atom stereocenters. The maximum Gasteiger partial charge on any atom is 0.243 e. The predicted molar refractivity (Wildman–Crippen MR) is 98.7 cm³/mol. The van der Waals surface area contributed by atoms with Gasteiger partial charge in [-0.3, -0.25) is 9.59 Å². The number of benzene rings is 2. The lowest BCUT2D eigenvalue weighted by Gasteiger charge is -2.20. The van der Waals surface area contributed by atoms with E-state index >= 15 is 0 Å². The van der Waals surface area contributed by atoms with Crippen molar-refractivity contribution in [2.75, 3.05) is 25.5 Å². The summed E-state index contributed by atoms with van der Waals surface area (Å²) in [4.78, 5) is 25.6. The molecule has 2 rings (SSSR count). The molecule has 0 fully saturated rings. The molecule has 0 aliphatic heterocycles. The zero-order chi connectivity index (χ0) is 18.9. The molecule has 0 spiro atoms. The number of amides is 2. The molecule has 0 heterocycles. The summed E-state index contributed by atoms with van der Waals surface area (Å²) in [6, 6.07) is 16.3. The van der Waals surface area contributed by atoms with E-state index in [0.717, 1.165) is 11.3 Å². The van der Waals surface area contributed by atoms with Crippen molar-refractivity contribution < 1.29 is 14.3 Å². The Morgan fingerprint density at radius 1 is 1.19 bits per heavy atom. The Balaban J connectivity index is 1.95. The van der Waals surface area contributed by atoms with Crippen LogP contribution >= 0.6 is 0 Å². The number of ether oxygens (including phenoxy) is 1. The van der Waals surface area contributed by atoms with E-state index in [1.807, 2.05) is 30.3 Å². The van der Waals surface area contributed by atoms with E-state index in [0.29, 0.717) is 24.2 Å². The van der Waals surface area contributed by atoms with E-state index in [4.69, 9.17) is 10.00 Å². The van der Waals surface area contributed by atoms with Crippen molar-refractivity contribution in [2.24, 2.45) is 0 Å².